The van der Waals surface area contributed by atoms with Crippen molar-refractivity contribution < 1.29 is 9.59 Å². The molecule has 32 heavy (non-hydrogen) atoms. The molecule has 1 aromatic heterocycles. The van der Waals surface area contributed by atoms with Crippen LogP contribution in [0.1, 0.15) is 66.0 Å². The number of hydrogen-bond donors (Lipinski definition) is 2. The lowest BCUT2D eigenvalue weighted by Gasteiger charge is -2.22. The number of halogens is 1. The third-order valence-corrected chi connectivity index (χ3v) is 5.28. The molecule has 0 bridgehead atoms. The van der Waals surface area contributed by atoms with Crippen molar-refractivity contribution in [3.05, 3.63) is 41.0 Å². The fraction of sp³-hybridized carbons (Fsp3) is 0.542. The van der Waals surface area contributed by atoms with Crippen molar-refractivity contribution in [2.45, 2.75) is 65.7 Å². The van der Waals surface area contributed by atoms with Crippen molar-refractivity contribution in [1.29, 1.82) is 0 Å². The van der Waals surface area contributed by atoms with Crippen molar-refractivity contribution in [3.8, 4) is 5.69 Å². The first-order chi connectivity index (χ1) is 15.2. The Kier molecular flexibility index (Phi) is 9.57. The number of anilines is 1. The van der Waals surface area contributed by atoms with E-state index < -0.39 is 0 Å². The van der Waals surface area contributed by atoms with E-state index in [2.05, 4.69) is 45.3 Å². The fourth-order valence-corrected chi connectivity index (χ4v) is 3.18. The van der Waals surface area contributed by atoms with E-state index in [0.29, 0.717) is 23.9 Å². The molecular formula is C24H36ClN5O2. The summed E-state index contributed by atoms with van der Waals surface area (Å²) in [6, 6.07) is 8.95. The molecule has 1 aromatic carbocycles. The van der Waals surface area contributed by atoms with Crippen LogP contribution >= 0.6 is 11.6 Å². The van der Waals surface area contributed by atoms with E-state index in [4.69, 9.17) is 16.7 Å². The van der Waals surface area contributed by atoms with Crippen LogP contribution in [0, 0.1) is 0 Å². The number of amides is 3. The highest BCUT2D eigenvalue weighted by molar-refractivity contribution is 6.30. The zero-order valence-electron chi connectivity index (χ0n) is 19.9. The van der Waals surface area contributed by atoms with E-state index >= 15 is 0 Å². The molecule has 7 nitrogen and oxygen atoms in total. The van der Waals surface area contributed by atoms with Crippen molar-refractivity contribution in [2.75, 3.05) is 25.0 Å². The largest absolute Gasteiger partial charge is 0.338 e. The van der Waals surface area contributed by atoms with Gasteiger partial charge in [0, 0.05) is 29.6 Å². The summed E-state index contributed by atoms with van der Waals surface area (Å²) in [6.07, 6.45) is 3.69. The Labute approximate surface area is 196 Å². The van der Waals surface area contributed by atoms with Crippen molar-refractivity contribution >= 4 is 29.4 Å². The maximum Gasteiger partial charge on any atom is 0.317 e. The average molecular weight is 462 g/mol. The molecule has 0 spiro atoms. The van der Waals surface area contributed by atoms with Gasteiger partial charge in [0.2, 0.25) is 5.91 Å². The molecule has 0 aliphatic carbocycles. The first-order valence-electron chi connectivity index (χ1n) is 11.3. The number of rotatable bonds is 10. The van der Waals surface area contributed by atoms with Gasteiger partial charge in [-0.05, 0) is 37.1 Å². The predicted octanol–water partition coefficient (Wildman–Crippen LogP) is 5.37. The van der Waals surface area contributed by atoms with Crippen LogP contribution in [0.3, 0.4) is 0 Å². The molecular weight excluding hydrogens is 426 g/mol. The fourth-order valence-electron chi connectivity index (χ4n) is 3.06. The zero-order chi connectivity index (χ0) is 23.7. The van der Waals surface area contributed by atoms with Gasteiger partial charge >= 0.3 is 6.03 Å². The summed E-state index contributed by atoms with van der Waals surface area (Å²) < 4.78 is 1.70. The van der Waals surface area contributed by atoms with E-state index in [9.17, 15) is 9.59 Å². The van der Waals surface area contributed by atoms with E-state index in [1.807, 2.05) is 18.2 Å². The van der Waals surface area contributed by atoms with E-state index in [0.717, 1.165) is 37.1 Å². The number of urea groups is 1. The Hall–Kier alpha value is -2.54. The Balaban J connectivity index is 2.21. The third-order valence-electron chi connectivity index (χ3n) is 5.03. The molecule has 0 aliphatic heterocycles. The number of nitrogens with one attached hydrogen (secondary N) is 2. The van der Waals surface area contributed by atoms with E-state index in [1.165, 1.54) is 0 Å². The van der Waals surface area contributed by atoms with Gasteiger partial charge in [-0.2, -0.15) is 5.10 Å². The number of carbonyl (C=O) groups excluding carboxylic acids is 2. The summed E-state index contributed by atoms with van der Waals surface area (Å²) in [5.41, 5.74) is 1.45. The first kappa shape index (κ1) is 25.7. The van der Waals surface area contributed by atoms with Gasteiger partial charge in [-0.3, -0.25) is 4.79 Å². The summed E-state index contributed by atoms with van der Waals surface area (Å²) in [6.45, 7) is 11.5. The third kappa shape index (κ3) is 7.55. The Bertz CT molecular complexity index is 887. The van der Waals surface area contributed by atoms with Crippen LogP contribution in [0.25, 0.3) is 5.69 Å². The number of nitrogens with zero attached hydrogens (tertiary/aromatic N) is 3. The van der Waals surface area contributed by atoms with E-state index in [-0.39, 0.29) is 23.9 Å². The molecule has 0 saturated heterocycles. The van der Waals surface area contributed by atoms with Crippen LogP contribution in [-0.2, 0) is 10.2 Å². The number of aromatic nitrogens is 2. The molecule has 8 heteroatoms. The number of hydrogen-bond acceptors (Lipinski definition) is 3. The first-order valence-corrected chi connectivity index (χ1v) is 11.7. The molecule has 2 aromatic rings. The van der Waals surface area contributed by atoms with Gasteiger partial charge in [0.1, 0.15) is 12.4 Å². The van der Waals surface area contributed by atoms with Crippen molar-refractivity contribution in [3.63, 3.8) is 0 Å². The standard InChI is InChI=1S/C24H36ClN5O2/c1-6-8-14-26-23(32)29(15-9-7-2)17-22(31)27-21-16-20(24(3,4)5)28-30(21)19-12-10-18(25)11-13-19/h10-13,16H,6-9,14-15,17H2,1-5H3,(H,26,32)(H,27,31). The lowest BCUT2D eigenvalue weighted by atomic mass is 9.92. The number of benzene rings is 1. The minimum atomic E-state index is -0.262. The van der Waals surface area contributed by atoms with Crippen molar-refractivity contribution in [1.82, 2.24) is 20.0 Å². The highest BCUT2D eigenvalue weighted by Gasteiger charge is 2.23. The number of carbonyl (C=O) groups is 2. The molecule has 1 heterocycles. The van der Waals surface area contributed by atoms with Crippen LogP contribution < -0.4 is 10.6 Å². The van der Waals surface area contributed by atoms with Crippen molar-refractivity contribution in [2.24, 2.45) is 0 Å². The van der Waals surface area contributed by atoms with Gasteiger partial charge in [0.25, 0.3) is 0 Å². The SMILES string of the molecule is CCCCNC(=O)N(CCCC)CC(=O)Nc1cc(C(C)(C)C)nn1-c1ccc(Cl)cc1. The summed E-state index contributed by atoms with van der Waals surface area (Å²) in [5, 5.41) is 11.2. The van der Waals surface area contributed by atoms with Gasteiger partial charge < -0.3 is 15.5 Å². The Morgan fingerprint density at radius 1 is 1.09 bits per heavy atom. The van der Waals surface area contributed by atoms with Crippen LogP contribution in [-0.4, -0.2) is 46.3 Å². The maximum atomic E-state index is 12.9. The second kappa shape index (κ2) is 11.9. The smallest absolute Gasteiger partial charge is 0.317 e. The molecule has 0 aliphatic rings. The lowest BCUT2D eigenvalue weighted by molar-refractivity contribution is -0.116. The van der Waals surface area contributed by atoms with Crippen LogP contribution in [0.5, 0.6) is 0 Å². The molecule has 0 radical (unpaired) electrons. The minimum absolute atomic E-state index is 0.0192. The monoisotopic (exact) mass is 461 g/mol. The second-order valence-corrected chi connectivity index (χ2v) is 9.40. The molecule has 3 amide bonds. The molecule has 0 unspecified atom stereocenters. The summed E-state index contributed by atoms with van der Waals surface area (Å²) >= 11 is 6.03. The minimum Gasteiger partial charge on any atom is -0.338 e. The van der Waals surface area contributed by atoms with E-state index in [1.54, 1.807) is 21.7 Å². The number of unbranched alkanes of at least 4 members (excludes halogenated alkanes) is 2. The highest BCUT2D eigenvalue weighted by atomic mass is 35.5. The Morgan fingerprint density at radius 3 is 2.34 bits per heavy atom. The summed E-state index contributed by atoms with van der Waals surface area (Å²) in [4.78, 5) is 27.1. The van der Waals surface area contributed by atoms with Gasteiger partial charge in [0.05, 0.1) is 11.4 Å². The normalized spacial score (nSPS) is 11.3. The topological polar surface area (TPSA) is 79.3 Å². The van der Waals surface area contributed by atoms with Crippen LogP contribution in [0.4, 0.5) is 10.6 Å². The van der Waals surface area contributed by atoms with Crippen LogP contribution in [0.15, 0.2) is 30.3 Å². The quantitative estimate of drug-likeness (QED) is 0.466. The van der Waals surface area contributed by atoms with Gasteiger partial charge in [-0.25, -0.2) is 9.48 Å². The molecule has 0 saturated carbocycles. The Morgan fingerprint density at radius 2 is 1.75 bits per heavy atom. The maximum absolute atomic E-state index is 12.9. The summed E-state index contributed by atoms with van der Waals surface area (Å²) in [5.74, 6) is 0.298. The van der Waals surface area contributed by atoms with Gasteiger partial charge in [0.15, 0.2) is 0 Å². The zero-order valence-corrected chi connectivity index (χ0v) is 20.6. The molecule has 0 fully saturated rings. The van der Waals surface area contributed by atoms with Crippen LogP contribution in [0.2, 0.25) is 5.02 Å². The highest BCUT2D eigenvalue weighted by Crippen LogP contribution is 2.26. The average Bonchev–Trinajstić information content (AvgIpc) is 3.16. The molecule has 2 N–H and O–H groups in total. The summed E-state index contributed by atoms with van der Waals surface area (Å²) in [7, 11) is 0. The van der Waals surface area contributed by atoms with Gasteiger partial charge in [-0.15, -0.1) is 0 Å². The second-order valence-electron chi connectivity index (χ2n) is 8.96. The van der Waals surface area contributed by atoms with Gasteiger partial charge in [-0.1, -0.05) is 59.1 Å². The molecule has 0 atom stereocenters. The molecule has 2 rings (SSSR count). The lowest BCUT2D eigenvalue weighted by Crippen LogP contribution is -2.44. The molecule has 176 valence electrons. The predicted molar refractivity (Wildman–Crippen MR) is 131 cm³/mol.